The highest BCUT2D eigenvalue weighted by atomic mass is 32.2. The van der Waals surface area contributed by atoms with E-state index < -0.39 is 10.0 Å². The first kappa shape index (κ1) is 17.9. The van der Waals surface area contributed by atoms with E-state index in [4.69, 9.17) is 0 Å². The van der Waals surface area contributed by atoms with Crippen LogP contribution in [0.2, 0.25) is 0 Å². The Kier molecular flexibility index (Phi) is 5.73. The molecule has 2 N–H and O–H groups in total. The molecular formula is C19H25N3O2S. The molecule has 1 aliphatic heterocycles. The molecule has 1 saturated heterocycles. The quantitative estimate of drug-likeness (QED) is 0.832. The van der Waals surface area contributed by atoms with Gasteiger partial charge in [-0.25, -0.2) is 13.1 Å². The van der Waals surface area contributed by atoms with E-state index in [1.54, 1.807) is 25.2 Å². The SMILES string of the molecule is CNc1cccc(S(=O)(=O)NC2CCCN(Cc3ccccc3)C2)c1. The second kappa shape index (κ2) is 7.99. The zero-order valence-corrected chi connectivity index (χ0v) is 15.3. The number of hydrogen-bond donors (Lipinski definition) is 2. The molecule has 3 rings (SSSR count). The molecule has 1 unspecified atom stereocenters. The fraction of sp³-hybridized carbons (Fsp3) is 0.368. The van der Waals surface area contributed by atoms with Gasteiger partial charge in [-0.1, -0.05) is 36.4 Å². The van der Waals surface area contributed by atoms with E-state index in [0.29, 0.717) is 4.90 Å². The van der Waals surface area contributed by atoms with Crippen LogP contribution in [-0.2, 0) is 16.6 Å². The minimum Gasteiger partial charge on any atom is -0.388 e. The number of piperidine rings is 1. The first-order chi connectivity index (χ1) is 12.1. The number of nitrogens with one attached hydrogen (secondary N) is 2. The number of benzene rings is 2. The summed E-state index contributed by atoms with van der Waals surface area (Å²) in [4.78, 5) is 2.62. The van der Waals surface area contributed by atoms with Gasteiger partial charge in [0.05, 0.1) is 4.90 Å². The zero-order chi connectivity index (χ0) is 17.7. The van der Waals surface area contributed by atoms with Gasteiger partial charge in [-0.15, -0.1) is 0 Å². The lowest BCUT2D eigenvalue weighted by molar-refractivity contribution is 0.194. The van der Waals surface area contributed by atoms with Crippen LogP contribution in [0.4, 0.5) is 5.69 Å². The Balaban J connectivity index is 1.65. The van der Waals surface area contributed by atoms with E-state index >= 15 is 0 Å². The van der Waals surface area contributed by atoms with Crippen molar-refractivity contribution in [1.29, 1.82) is 0 Å². The molecule has 25 heavy (non-hydrogen) atoms. The second-order valence-corrected chi connectivity index (χ2v) is 8.17. The van der Waals surface area contributed by atoms with Gasteiger partial charge < -0.3 is 5.32 Å². The fourth-order valence-corrected chi connectivity index (χ4v) is 4.55. The van der Waals surface area contributed by atoms with Gasteiger partial charge in [-0.3, -0.25) is 4.90 Å². The summed E-state index contributed by atoms with van der Waals surface area (Å²) in [5.41, 5.74) is 2.05. The lowest BCUT2D eigenvalue weighted by atomic mass is 10.1. The highest BCUT2D eigenvalue weighted by Gasteiger charge is 2.25. The van der Waals surface area contributed by atoms with Crippen molar-refractivity contribution in [2.24, 2.45) is 0 Å². The Morgan fingerprint density at radius 3 is 2.68 bits per heavy atom. The monoisotopic (exact) mass is 359 g/mol. The van der Waals surface area contributed by atoms with Gasteiger partial charge in [-0.05, 0) is 43.1 Å². The average Bonchev–Trinajstić information content (AvgIpc) is 2.62. The van der Waals surface area contributed by atoms with Crippen molar-refractivity contribution < 1.29 is 8.42 Å². The van der Waals surface area contributed by atoms with Gasteiger partial charge in [0.1, 0.15) is 0 Å². The molecule has 1 atom stereocenters. The van der Waals surface area contributed by atoms with Gasteiger partial charge in [0.25, 0.3) is 0 Å². The van der Waals surface area contributed by atoms with Gasteiger partial charge in [0, 0.05) is 31.9 Å². The zero-order valence-electron chi connectivity index (χ0n) is 14.5. The van der Waals surface area contributed by atoms with Crippen LogP contribution in [-0.4, -0.2) is 39.5 Å². The van der Waals surface area contributed by atoms with E-state index in [2.05, 4.69) is 27.1 Å². The van der Waals surface area contributed by atoms with E-state index in [1.165, 1.54) is 5.56 Å². The molecule has 134 valence electrons. The molecular weight excluding hydrogens is 334 g/mol. The van der Waals surface area contributed by atoms with Gasteiger partial charge in [-0.2, -0.15) is 0 Å². The normalized spacial score (nSPS) is 18.8. The number of rotatable bonds is 6. The molecule has 0 amide bonds. The molecule has 0 spiro atoms. The summed E-state index contributed by atoms with van der Waals surface area (Å²) < 4.78 is 28.2. The number of sulfonamides is 1. The lowest BCUT2D eigenvalue weighted by Gasteiger charge is -2.33. The largest absolute Gasteiger partial charge is 0.388 e. The Morgan fingerprint density at radius 2 is 1.92 bits per heavy atom. The van der Waals surface area contributed by atoms with Crippen molar-refractivity contribution >= 4 is 15.7 Å². The van der Waals surface area contributed by atoms with Crippen LogP contribution in [0.1, 0.15) is 18.4 Å². The summed E-state index contributed by atoms with van der Waals surface area (Å²) in [5.74, 6) is 0. The molecule has 0 aliphatic carbocycles. The molecule has 0 bridgehead atoms. The number of nitrogens with zero attached hydrogens (tertiary/aromatic N) is 1. The van der Waals surface area contributed by atoms with Crippen LogP contribution in [0.3, 0.4) is 0 Å². The smallest absolute Gasteiger partial charge is 0.240 e. The molecule has 2 aromatic rings. The summed E-state index contributed by atoms with van der Waals surface area (Å²) >= 11 is 0. The van der Waals surface area contributed by atoms with Crippen LogP contribution in [0.25, 0.3) is 0 Å². The highest BCUT2D eigenvalue weighted by Crippen LogP contribution is 2.18. The van der Waals surface area contributed by atoms with E-state index in [1.807, 2.05) is 24.3 Å². The van der Waals surface area contributed by atoms with Crippen LogP contribution in [0.5, 0.6) is 0 Å². The Hall–Kier alpha value is -1.89. The molecule has 1 aliphatic rings. The van der Waals surface area contributed by atoms with Crippen molar-refractivity contribution in [1.82, 2.24) is 9.62 Å². The summed E-state index contributed by atoms with van der Waals surface area (Å²) in [6.45, 7) is 2.59. The maximum Gasteiger partial charge on any atom is 0.240 e. The van der Waals surface area contributed by atoms with E-state index in [-0.39, 0.29) is 6.04 Å². The maximum atomic E-state index is 12.7. The van der Waals surface area contributed by atoms with Crippen LogP contribution in [0, 0.1) is 0 Å². The lowest BCUT2D eigenvalue weighted by Crippen LogP contribution is -2.47. The van der Waals surface area contributed by atoms with Gasteiger partial charge in [0.15, 0.2) is 0 Å². The molecule has 0 radical (unpaired) electrons. The van der Waals surface area contributed by atoms with Crippen molar-refractivity contribution in [3.8, 4) is 0 Å². The van der Waals surface area contributed by atoms with Crippen molar-refractivity contribution in [2.75, 3.05) is 25.5 Å². The van der Waals surface area contributed by atoms with Gasteiger partial charge in [0.2, 0.25) is 10.0 Å². The predicted molar refractivity (Wildman–Crippen MR) is 101 cm³/mol. The van der Waals surface area contributed by atoms with Crippen molar-refractivity contribution in [3.05, 3.63) is 60.2 Å². The third kappa shape index (κ3) is 4.81. The number of anilines is 1. The first-order valence-corrected chi connectivity index (χ1v) is 10.1. The molecule has 6 heteroatoms. The molecule has 1 fully saturated rings. The number of likely N-dealkylation sites (tertiary alicyclic amines) is 1. The van der Waals surface area contributed by atoms with Crippen LogP contribution in [0.15, 0.2) is 59.5 Å². The van der Waals surface area contributed by atoms with Crippen molar-refractivity contribution in [3.63, 3.8) is 0 Å². The number of hydrogen-bond acceptors (Lipinski definition) is 4. The first-order valence-electron chi connectivity index (χ1n) is 8.63. The molecule has 1 heterocycles. The minimum absolute atomic E-state index is 0.0549. The third-order valence-electron chi connectivity index (χ3n) is 4.51. The topological polar surface area (TPSA) is 61.4 Å². The van der Waals surface area contributed by atoms with Crippen LogP contribution >= 0.6 is 0 Å². The fourth-order valence-electron chi connectivity index (χ4n) is 3.24. The summed E-state index contributed by atoms with van der Waals surface area (Å²) in [6.07, 6.45) is 1.87. The summed E-state index contributed by atoms with van der Waals surface area (Å²) in [5, 5.41) is 2.98. The standard InChI is InChI=1S/C19H25N3O2S/c1-20-17-9-5-11-19(13-17)25(23,24)21-18-10-6-12-22(15-18)14-16-7-3-2-4-8-16/h2-5,7-9,11,13,18,20-21H,6,10,12,14-15H2,1H3. The molecule has 0 aromatic heterocycles. The van der Waals surface area contributed by atoms with E-state index in [9.17, 15) is 8.42 Å². The molecule has 5 nitrogen and oxygen atoms in total. The summed E-state index contributed by atoms with van der Waals surface area (Å²) in [6, 6.07) is 17.1. The maximum absolute atomic E-state index is 12.7. The minimum atomic E-state index is -3.51. The Bertz CT molecular complexity index is 793. The summed E-state index contributed by atoms with van der Waals surface area (Å²) in [7, 11) is -1.73. The second-order valence-electron chi connectivity index (χ2n) is 6.46. The average molecular weight is 359 g/mol. The van der Waals surface area contributed by atoms with E-state index in [0.717, 1.165) is 38.2 Å². The Labute approximate surface area is 150 Å². The van der Waals surface area contributed by atoms with Gasteiger partial charge >= 0.3 is 0 Å². The van der Waals surface area contributed by atoms with Crippen LogP contribution < -0.4 is 10.0 Å². The highest BCUT2D eigenvalue weighted by molar-refractivity contribution is 7.89. The third-order valence-corrected chi connectivity index (χ3v) is 6.03. The molecule has 0 saturated carbocycles. The molecule has 2 aromatic carbocycles. The Morgan fingerprint density at radius 1 is 1.12 bits per heavy atom. The van der Waals surface area contributed by atoms with Crippen molar-refractivity contribution in [2.45, 2.75) is 30.3 Å². The predicted octanol–water partition coefficient (Wildman–Crippen LogP) is 2.67.